The van der Waals surface area contributed by atoms with E-state index in [2.05, 4.69) is 10.6 Å². The van der Waals surface area contributed by atoms with E-state index < -0.39 is 53.5 Å². The highest BCUT2D eigenvalue weighted by atomic mass is 16.8. The van der Waals surface area contributed by atoms with Crippen molar-refractivity contribution < 1.29 is 43.3 Å². The smallest absolute Gasteiger partial charge is 0.327 e. The number of aliphatic hydroxyl groups excluding tert-OH is 1. The van der Waals surface area contributed by atoms with Crippen LogP contribution in [0.15, 0.2) is 30.3 Å². The molecule has 3 saturated heterocycles. The fraction of sp³-hybridized carbons (Fsp3) is 0.636. The number of hydroxylamine groups is 2. The Morgan fingerprint density at radius 3 is 2.46 bits per heavy atom. The Hall–Kier alpha value is -3.36. The number of fused-ring (bicyclic) bond motifs is 4. The number of carbonyl (C=O) groups is 4. The van der Waals surface area contributed by atoms with Gasteiger partial charge in [0.15, 0.2) is 11.8 Å². The number of carbonyl (C=O) groups excluding carboxylic acids is 4. The molecule has 1 aromatic rings. The Bertz CT molecular complexity index is 1410. The normalized spacial score (nSPS) is 32.6. The van der Waals surface area contributed by atoms with Gasteiger partial charge in [0.1, 0.15) is 29.8 Å². The van der Waals surface area contributed by atoms with Gasteiger partial charge in [0, 0.05) is 57.9 Å². The molecule has 46 heavy (non-hydrogen) atoms. The molecular weight excluding hydrogens is 596 g/mol. The molecule has 13 heteroatoms. The van der Waals surface area contributed by atoms with Crippen molar-refractivity contribution in [2.75, 3.05) is 33.8 Å². The van der Waals surface area contributed by atoms with E-state index >= 15 is 0 Å². The van der Waals surface area contributed by atoms with Crippen molar-refractivity contribution in [3.8, 4) is 0 Å². The molecule has 0 aromatic heterocycles. The Labute approximate surface area is 267 Å². The molecule has 3 saturated carbocycles. The highest BCUT2D eigenvalue weighted by Gasteiger charge is 2.78. The zero-order valence-electron chi connectivity index (χ0n) is 26.2. The molecule has 1 aromatic carbocycles. The molecule has 6 unspecified atom stereocenters. The van der Waals surface area contributed by atoms with E-state index in [4.69, 9.17) is 24.2 Å². The standard InChI is InChI=1S/C33H42N4O9/c1-36(2)25(40)12-7-19-5-3-4-6-20(19)18-37-28-30(41)43-23-17-32(28,31(42)35-14-13-24(39)34-15-16-38)29(46-37)27-26(23)44-33(45-27,21-8-9-21)22-10-11-22/h3-7,12,21-23,26-29,38H,8-11,13-18H2,1-2H3,(H,34,39)(H,35,42). The van der Waals surface area contributed by atoms with Crippen molar-refractivity contribution in [2.45, 2.75) is 81.3 Å². The van der Waals surface area contributed by atoms with Crippen LogP contribution in [-0.4, -0.2) is 109 Å². The molecule has 2 bridgehead atoms. The van der Waals surface area contributed by atoms with Crippen molar-refractivity contribution in [3.05, 3.63) is 41.5 Å². The first-order valence-electron chi connectivity index (χ1n) is 16.3. The maximum absolute atomic E-state index is 14.3. The highest BCUT2D eigenvalue weighted by molar-refractivity contribution is 5.94. The SMILES string of the molecule is CN(C)C(=O)C=Cc1ccccc1CN1OC2C3OC(C4CC4)(C4CC4)OC3C3CC2(C(=O)NCCC(=O)NCCO)C1C(=O)O3. The largest absolute Gasteiger partial charge is 0.458 e. The summed E-state index contributed by atoms with van der Waals surface area (Å²) in [5, 5.41) is 16.0. The quantitative estimate of drug-likeness (QED) is 0.218. The minimum absolute atomic E-state index is 0.0130. The van der Waals surface area contributed by atoms with Crippen molar-refractivity contribution in [2.24, 2.45) is 17.3 Å². The van der Waals surface area contributed by atoms with Gasteiger partial charge in [0.2, 0.25) is 17.7 Å². The molecule has 0 spiro atoms. The second-order valence-electron chi connectivity index (χ2n) is 13.5. The van der Waals surface area contributed by atoms with E-state index in [-0.39, 0.29) is 62.7 Å². The zero-order chi connectivity index (χ0) is 32.2. The van der Waals surface area contributed by atoms with Crippen molar-refractivity contribution >= 4 is 29.8 Å². The van der Waals surface area contributed by atoms with E-state index in [1.54, 1.807) is 20.2 Å². The van der Waals surface area contributed by atoms with E-state index in [1.165, 1.54) is 16.0 Å². The fourth-order valence-corrected chi connectivity index (χ4v) is 7.72. The summed E-state index contributed by atoms with van der Waals surface area (Å²) >= 11 is 0. The number of nitrogens with zero attached hydrogens (tertiary/aromatic N) is 2. The third-order valence-electron chi connectivity index (χ3n) is 10.2. The first kappa shape index (κ1) is 31.3. The average molecular weight is 639 g/mol. The van der Waals surface area contributed by atoms with Gasteiger partial charge in [0.05, 0.1) is 13.2 Å². The van der Waals surface area contributed by atoms with Crippen LogP contribution in [0.5, 0.6) is 0 Å². The molecule has 3 aliphatic heterocycles. The number of hydrogen-bond acceptors (Lipinski definition) is 10. The predicted molar refractivity (Wildman–Crippen MR) is 161 cm³/mol. The van der Waals surface area contributed by atoms with Crippen molar-refractivity contribution in [3.63, 3.8) is 0 Å². The maximum Gasteiger partial charge on any atom is 0.327 e. The molecule has 13 nitrogen and oxygen atoms in total. The van der Waals surface area contributed by atoms with Crippen LogP contribution < -0.4 is 10.6 Å². The summed E-state index contributed by atoms with van der Waals surface area (Å²) in [6.45, 7) is 0.135. The molecule has 0 radical (unpaired) electrons. The van der Waals surface area contributed by atoms with Crippen LogP contribution in [-0.2, 0) is 44.8 Å². The lowest BCUT2D eigenvalue weighted by atomic mass is 9.62. The highest BCUT2D eigenvalue weighted by Crippen LogP contribution is 2.63. The van der Waals surface area contributed by atoms with Gasteiger partial charge in [-0.25, -0.2) is 0 Å². The monoisotopic (exact) mass is 638 g/mol. The Balaban J connectivity index is 1.20. The van der Waals surface area contributed by atoms with E-state index in [9.17, 15) is 19.2 Å². The zero-order valence-corrected chi connectivity index (χ0v) is 26.2. The summed E-state index contributed by atoms with van der Waals surface area (Å²) in [5.41, 5.74) is 0.215. The summed E-state index contributed by atoms with van der Waals surface area (Å²) in [5.74, 6) is -1.67. The summed E-state index contributed by atoms with van der Waals surface area (Å²) in [7, 11) is 3.35. The van der Waals surface area contributed by atoms with Crippen LogP contribution in [0.4, 0.5) is 0 Å². The predicted octanol–water partition coefficient (Wildman–Crippen LogP) is 0.503. The van der Waals surface area contributed by atoms with Gasteiger partial charge in [-0.15, -0.1) is 0 Å². The summed E-state index contributed by atoms with van der Waals surface area (Å²) in [6, 6.07) is 6.43. The minimum atomic E-state index is -1.35. The molecule has 3 amide bonds. The second kappa shape index (κ2) is 12.0. The van der Waals surface area contributed by atoms with Crippen molar-refractivity contribution in [1.82, 2.24) is 20.6 Å². The number of benzene rings is 1. The Kier molecular flexibility index (Phi) is 8.17. The lowest BCUT2D eigenvalue weighted by molar-refractivity contribution is -0.235. The molecule has 6 atom stereocenters. The number of likely N-dealkylation sites (N-methyl/N-ethyl adjacent to an activating group) is 1. The molecule has 3 N–H and O–H groups in total. The number of rotatable bonds is 12. The number of aliphatic hydroxyl groups is 1. The molecule has 6 aliphatic rings. The van der Waals surface area contributed by atoms with Gasteiger partial charge in [-0.3, -0.25) is 24.0 Å². The maximum atomic E-state index is 14.3. The third-order valence-corrected chi connectivity index (χ3v) is 10.2. The molecule has 3 aliphatic carbocycles. The van der Waals surface area contributed by atoms with Gasteiger partial charge in [-0.05, 0) is 42.9 Å². The van der Waals surface area contributed by atoms with Gasteiger partial charge in [-0.1, -0.05) is 24.3 Å². The summed E-state index contributed by atoms with van der Waals surface area (Å²) in [6.07, 6.45) is 4.74. The van der Waals surface area contributed by atoms with Crippen LogP contribution >= 0.6 is 0 Å². The minimum Gasteiger partial charge on any atom is -0.458 e. The lowest BCUT2D eigenvalue weighted by Gasteiger charge is -2.48. The first-order valence-corrected chi connectivity index (χ1v) is 16.3. The van der Waals surface area contributed by atoms with Crippen molar-refractivity contribution in [1.29, 1.82) is 0 Å². The topological polar surface area (TPSA) is 156 Å². The third kappa shape index (κ3) is 5.31. The number of nitrogens with one attached hydrogen (secondary N) is 2. The second-order valence-corrected chi connectivity index (χ2v) is 13.5. The van der Waals surface area contributed by atoms with Gasteiger partial charge >= 0.3 is 5.97 Å². The lowest BCUT2D eigenvalue weighted by Crippen LogP contribution is -2.69. The molecule has 248 valence electrons. The Morgan fingerprint density at radius 2 is 1.76 bits per heavy atom. The van der Waals surface area contributed by atoms with Crippen LogP contribution in [0, 0.1) is 17.3 Å². The van der Waals surface area contributed by atoms with Gasteiger partial charge in [0.25, 0.3) is 0 Å². The number of hydrogen-bond donors (Lipinski definition) is 3. The van der Waals surface area contributed by atoms with Crippen LogP contribution in [0.3, 0.4) is 0 Å². The fourth-order valence-electron chi connectivity index (χ4n) is 7.72. The van der Waals surface area contributed by atoms with Gasteiger partial charge < -0.3 is 34.9 Å². The number of amides is 3. The Morgan fingerprint density at radius 1 is 1.04 bits per heavy atom. The number of esters is 1. The van der Waals surface area contributed by atoms with Crippen LogP contribution in [0.2, 0.25) is 0 Å². The molecular formula is C33H42N4O9. The van der Waals surface area contributed by atoms with Gasteiger partial charge in [-0.2, -0.15) is 5.06 Å². The van der Waals surface area contributed by atoms with E-state index in [0.29, 0.717) is 0 Å². The summed E-state index contributed by atoms with van der Waals surface area (Å²) < 4.78 is 19.7. The number of ether oxygens (including phenoxy) is 3. The molecule has 6 fully saturated rings. The van der Waals surface area contributed by atoms with E-state index in [1.807, 2.05) is 24.3 Å². The van der Waals surface area contributed by atoms with Crippen LogP contribution in [0.25, 0.3) is 6.08 Å². The van der Waals surface area contributed by atoms with E-state index in [0.717, 1.165) is 36.8 Å². The van der Waals surface area contributed by atoms with Crippen LogP contribution in [0.1, 0.15) is 49.7 Å². The molecule has 7 rings (SSSR count). The first-order chi connectivity index (χ1) is 22.2. The average Bonchev–Trinajstić information content (AvgIpc) is 3.98. The molecule has 3 heterocycles. The summed E-state index contributed by atoms with van der Waals surface area (Å²) in [4.78, 5) is 60.9.